The van der Waals surface area contributed by atoms with Crippen LogP contribution in [-0.4, -0.2) is 5.11 Å². The zero-order valence-electron chi connectivity index (χ0n) is 6.92. The lowest BCUT2D eigenvalue weighted by Crippen LogP contribution is -2.05. The van der Waals surface area contributed by atoms with E-state index in [1.807, 2.05) is 0 Å². The predicted octanol–water partition coefficient (Wildman–Crippen LogP) is 1.58. The van der Waals surface area contributed by atoms with Crippen molar-refractivity contribution >= 4 is 11.3 Å². The molecule has 0 fully saturated rings. The van der Waals surface area contributed by atoms with Crippen LogP contribution in [0.15, 0.2) is 6.07 Å². The van der Waals surface area contributed by atoms with Crippen LogP contribution in [0.3, 0.4) is 0 Å². The van der Waals surface area contributed by atoms with Crippen LogP contribution in [0.2, 0.25) is 0 Å². The summed E-state index contributed by atoms with van der Waals surface area (Å²) in [5, 5.41) is 9.64. The number of nitrogens with two attached hydrogens (primary N) is 1. The summed E-state index contributed by atoms with van der Waals surface area (Å²) >= 11 is 1.75. The smallest absolute Gasteiger partial charge is 0.0801 e. The van der Waals surface area contributed by atoms with Gasteiger partial charge < -0.3 is 10.8 Å². The second kappa shape index (κ2) is 3.17. The summed E-state index contributed by atoms with van der Waals surface area (Å²) in [4.78, 5) is 2.54. The lowest BCUT2D eigenvalue weighted by Gasteiger charge is -2.16. The first-order valence-corrected chi connectivity index (χ1v) is 5.12. The molecule has 1 atom stereocenters. The average molecular weight is 183 g/mol. The molecule has 1 aromatic heterocycles. The van der Waals surface area contributed by atoms with E-state index in [-0.39, 0.29) is 6.10 Å². The summed E-state index contributed by atoms with van der Waals surface area (Å²) in [5.74, 6) is 0. The van der Waals surface area contributed by atoms with E-state index in [0.717, 1.165) is 24.8 Å². The molecule has 3 N–H and O–H groups in total. The van der Waals surface area contributed by atoms with Crippen molar-refractivity contribution in [2.45, 2.75) is 31.9 Å². The van der Waals surface area contributed by atoms with Gasteiger partial charge in [-0.25, -0.2) is 0 Å². The van der Waals surface area contributed by atoms with Crippen molar-refractivity contribution in [3.8, 4) is 0 Å². The second-order valence-corrected chi connectivity index (χ2v) is 4.42. The third-order valence-electron chi connectivity index (χ3n) is 2.33. The first-order chi connectivity index (χ1) is 5.81. The molecule has 1 aliphatic rings. The lowest BCUT2D eigenvalue weighted by molar-refractivity contribution is 0.157. The number of aliphatic hydroxyl groups is 1. The van der Waals surface area contributed by atoms with Gasteiger partial charge in [-0.05, 0) is 30.9 Å². The van der Waals surface area contributed by atoms with Gasteiger partial charge in [-0.2, -0.15) is 0 Å². The normalized spacial score (nSPS) is 22.3. The Hall–Kier alpha value is -0.380. The Morgan fingerprint density at radius 2 is 2.50 bits per heavy atom. The number of fused-ring (bicyclic) bond motifs is 1. The SMILES string of the molecule is NCc1cc2c(s1)CCCC2O. The molecule has 0 radical (unpaired) electrons. The summed E-state index contributed by atoms with van der Waals surface area (Å²) < 4.78 is 0. The molecule has 2 rings (SSSR count). The number of hydrogen-bond donors (Lipinski definition) is 2. The second-order valence-electron chi connectivity index (χ2n) is 3.20. The fourth-order valence-electron chi connectivity index (χ4n) is 1.69. The maximum Gasteiger partial charge on any atom is 0.0801 e. The van der Waals surface area contributed by atoms with Crippen LogP contribution in [-0.2, 0) is 13.0 Å². The largest absolute Gasteiger partial charge is 0.388 e. The van der Waals surface area contributed by atoms with Crippen LogP contribution in [0, 0.1) is 0 Å². The molecule has 0 saturated carbocycles. The number of aryl methyl sites for hydroxylation is 1. The average Bonchev–Trinajstić information content (AvgIpc) is 2.49. The third-order valence-corrected chi connectivity index (χ3v) is 3.57. The molecule has 0 saturated heterocycles. The van der Waals surface area contributed by atoms with Crippen LogP contribution in [0.4, 0.5) is 0 Å². The molecule has 0 bridgehead atoms. The van der Waals surface area contributed by atoms with Gasteiger partial charge in [-0.3, -0.25) is 0 Å². The van der Waals surface area contributed by atoms with Gasteiger partial charge in [0.25, 0.3) is 0 Å². The fourth-order valence-corrected chi connectivity index (χ4v) is 2.83. The molecule has 12 heavy (non-hydrogen) atoms. The van der Waals surface area contributed by atoms with Gasteiger partial charge in [0, 0.05) is 16.3 Å². The summed E-state index contributed by atoms with van der Waals surface area (Å²) in [7, 11) is 0. The van der Waals surface area contributed by atoms with E-state index in [0.29, 0.717) is 6.54 Å². The molecule has 0 spiro atoms. The maximum atomic E-state index is 9.64. The van der Waals surface area contributed by atoms with Gasteiger partial charge in [0.2, 0.25) is 0 Å². The molecule has 0 aromatic carbocycles. The highest BCUT2D eigenvalue weighted by molar-refractivity contribution is 7.12. The Balaban J connectivity index is 2.37. The molecule has 3 heteroatoms. The Labute approximate surface area is 76.0 Å². The quantitative estimate of drug-likeness (QED) is 0.694. The van der Waals surface area contributed by atoms with E-state index in [1.54, 1.807) is 11.3 Å². The van der Waals surface area contributed by atoms with Gasteiger partial charge >= 0.3 is 0 Å². The van der Waals surface area contributed by atoms with Crippen LogP contribution < -0.4 is 5.73 Å². The molecule has 1 unspecified atom stereocenters. The molecule has 1 heterocycles. The van der Waals surface area contributed by atoms with Crippen LogP contribution in [0.25, 0.3) is 0 Å². The molecule has 66 valence electrons. The zero-order valence-corrected chi connectivity index (χ0v) is 7.73. The molecular formula is C9H13NOS. The van der Waals surface area contributed by atoms with E-state index in [9.17, 15) is 5.11 Å². The van der Waals surface area contributed by atoms with Gasteiger partial charge in [0.05, 0.1) is 6.10 Å². The van der Waals surface area contributed by atoms with Crippen LogP contribution in [0.5, 0.6) is 0 Å². The molecule has 0 amide bonds. The van der Waals surface area contributed by atoms with Crippen molar-refractivity contribution in [2.24, 2.45) is 5.73 Å². The van der Waals surface area contributed by atoms with Crippen LogP contribution in [0.1, 0.15) is 34.3 Å². The Morgan fingerprint density at radius 1 is 1.67 bits per heavy atom. The number of aliphatic hydroxyl groups excluding tert-OH is 1. The van der Waals surface area contributed by atoms with Gasteiger partial charge in [0.1, 0.15) is 0 Å². The van der Waals surface area contributed by atoms with Crippen LogP contribution >= 0.6 is 11.3 Å². The Bertz CT molecular complexity index is 282. The minimum absolute atomic E-state index is 0.231. The predicted molar refractivity (Wildman–Crippen MR) is 50.1 cm³/mol. The van der Waals surface area contributed by atoms with E-state index in [1.165, 1.54) is 9.75 Å². The highest BCUT2D eigenvalue weighted by Crippen LogP contribution is 2.35. The Morgan fingerprint density at radius 3 is 3.17 bits per heavy atom. The minimum atomic E-state index is -0.231. The molecule has 0 aliphatic heterocycles. The Kier molecular flexibility index (Phi) is 2.17. The number of rotatable bonds is 1. The van der Waals surface area contributed by atoms with Gasteiger partial charge in [0.15, 0.2) is 0 Å². The maximum absolute atomic E-state index is 9.64. The minimum Gasteiger partial charge on any atom is -0.388 e. The number of thiophene rings is 1. The highest BCUT2D eigenvalue weighted by Gasteiger charge is 2.20. The van der Waals surface area contributed by atoms with E-state index >= 15 is 0 Å². The van der Waals surface area contributed by atoms with Crippen molar-refractivity contribution in [1.82, 2.24) is 0 Å². The highest BCUT2D eigenvalue weighted by atomic mass is 32.1. The van der Waals surface area contributed by atoms with E-state index < -0.39 is 0 Å². The van der Waals surface area contributed by atoms with Crippen molar-refractivity contribution in [1.29, 1.82) is 0 Å². The van der Waals surface area contributed by atoms with Crippen molar-refractivity contribution in [2.75, 3.05) is 0 Å². The topological polar surface area (TPSA) is 46.2 Å². The third kappa shape index (κ3) is 1.28. The zero-order chi connectivity index (χ0) is 8.55. The summed E-state index contributed by atoms with van der Waals surface area (Å²) in [6, 6.07) is 2.06. The van der Waals surface area contributed by atoms with Crippen molar-refractivity contribution < 1.29 is 5.11 Å². The number of hydrogen-bond acceptors (Lipinski definition) is 3. The fraction of sp³-hybridized carbons (Fsp3) is 0.556. The standard InChI is InChI=1S/C9H13NOS/c10-5-6-4-7-8(11)2-1-3-9(7)12-6/h4,8,11H,1-3,5,10H2. The first kappa shape index (κ1) is 8.23. The van der Waals surface area contributed by atoms with Gasteiger partial charge in [-0.15, -0.1) is 11.3 Å². The molecular weight excluding hydrogens is 170 g/mol. The van der Waals surface area contributed by atoms with Gasteiger partial charge in [-0.1, -0.05) is 0 Å². The molecule has 2 nitrogen and oxygen atoms in total. The van der Waals surface area contributed by atoms with Crippen molar-refractivity contribution in [3.05, 3.63) is 21.4 Å². The summed E-state index contributed by atoms with van der Waals surface area (Å²) in [5.41, 5.74) is 6.67. The summed E-state index contributed by atoms with van der Waals surface area (Å²) in [6.45, 7) is 0.602. The summed E-state index contributed by atoms with van der Waals surface area (Å²) in [6.07, 6.45) is 2.91. The first-order valence-electron chi connectivity index (χ1n) is 4.31. The van der Waals surface area contributed by atoms with E-state index in [2.05, 4.69) is 6.07 Å². The monoisotopic (exact) mass is 183 g/mol. The lowest BCUT2D eigenvalue weighted by atomic mass is 9.96. The van der Waals surface area contributed by atoms with Crippen molar-refractivity contribution in [3.63, 3.8) is 0 Å². The molecule has 1 aliphatic carbocycles. The molecule has 1 aromatic rings. The van der Waals surface area contributed by atoms with E-state index in [4.69, 9.17) is 5.73 Å².